The first-order valence-electron chi connectivity index (χ1n) is 6.95. The van der Waals surface area contributed by atoms with Gasteiger partial charge in [-0.2, -0.15) is 0 Å². The van der Waals surface area contributed by atoms with E-state index in [0.29, 0.717) is 18.5 Å². The van der Waals surface area contributed by atoms with Crippen LogP contribution in [0.1, 0.15) is 33.6 Å². The standard InChI is InChI=1S/C13H27N3O.2ClH/c1-4-9-16(12-7-8-14-10-12)13(17)11-15(5-2)6-3;;/h12,14H,4-11H2,1-3H3;2*1H. The van der Waals surface area contributed by atoms with Gasteiger partial charge in [0.1, 0.15) is 0 Å². The Morgan fingerprint density at radius 1 is 1.21 bits per heavy atom. The van der Waals surface area contributed by atoms with Crippen LogP contribution < -0.4 is 5.32 Å². The van der Waals surface area contributed by atoms with E-state index >= 15 is 0 Å². The third-order valence-electron chi connectivity index (χ3n) is 3.51. The Morgan fingerprint density at radius 3 is 2.26 bits per heavy atom. The highest BCUT2D eigenvalue weighted by Gasteiger charge is 2.26. The first kappa shape index (κ1) is 21.3. The quantitative estimate of drug-likeness (QED) is 0.778. The van der Waals surface area contributed by atoms with E-state index in [0.717, 1.165) is 45.6 Å². The number of hydrogen-bond donors (Lipinski definition) is 1. The monoisotopic (exact) mass is 313 g/mol. The summed E-state index contributed by atoms with van der Waals surface area (Å²) in [4.78, 5) is 16.6. The molecule has 1 N–H and O–H groups in total. The minimum atomic E-state index is 0. The fraction of sp³-hybridized carbons (Fsp3) is 0.923. The van der Waals surface area contributed by atoms with Gasteiger partial charge >= 0.3 is 0 Å². The van der Waals surface area contributed by atoms with Crippen molar-refractivity contribution in [2.45, 2.75) is 39.7 Å². The molecule has 19 heavy (non-hydrogen) atoms. The van der Waals surface area contributed by atoms with Gasteiger partial charge in [0.05, 0.1) is 6.54 Å². The largest absolute Gasteiger partial charge is 0.337 e. The molecule has 1 fully saturated rings. The number of halogens is 2. The zero-order valence-corrected chi connectivity index (χ0v) is 14.0. The number of amides is 1. The molecule has 4 nitrogen and oxygen atoms in total. The summed E-state index contributed by atoms with van der Waals surface area (Å²) in [6.45, 7) is 11.7. The molecule has 0 aromatic carbocycles. The molecule has 1 atom stereocenters. The van der Waals surface area contributed by atoms with Crippen molar-refractivity contribution in [2.75, 3.05) is 39.3 Å². The van der Waals surface area contributed by atoms with Gasteiger partial charge in [-0.1, -0.05) is 20.8 Å². The van der Waals surface area contributed by atoms with Crippen molar-refractivity contribution in [3.05, 3.63) is 0 Å². The van der Waals surface area contributed by atoms with Gasteiger partial charge in [-0.05, 0) is 32.5 Å². The minimum absolute atomic E-state index is 0. The number of nitrogens with one attached hydrogen (secondary N) is 1. The topological polar surface area (TPSA) is 35.6 Å². The van der Waals surface area contributed by atoms with Crippen molar-refractivity contribution in [1.29, 1.82) is 0 Å². The predicted octanol–water partition coefficient (Wildman–Crippen LogP) is 1.77. The van der Waals surface area contributed by atoms with E-state index in [1.807, 2.05) is 0 Å². The van der Waals surface area contributed by atoms with E-state index in [1.165, 1.54) is 0 Å². The molecule has 6 heteroatoms. The molecular weight excluding hydrogens is 285 g/mol. The minimum Gasteiger partial charge on any atom is -0.337 e. The van der Waals surface area contributed by atoms with E-state index in [9.17, 15) is 4.79 Å². The first-order valence-corrected chi connectivity index (χ1v) is 6.95. The highest BCUT2D eigenvalue weighted by Crippen LogP contribution is 2.10. The molecule has 0 aliphatic carbocycles. The highest BCUT2D eigenvalue weighted by molar-refractivity contribution is 5.85. The number of likely N-dealkylation sites (N-methyl/N-ethyl adjacent to an activating group) is 1. The van der Waals surface area contributed by atoms with Crippen LogP contribution in [0.2, 0.25) is 0 Å². The van der Waals surface area contributed by atoms with E-state index < -0.39 is 0 Å². The van der Waals surface area contributed by atoms with Crippen LogP contribution in [0.5, 0.6) is 0 Å². The summed E-state index contributed by atoms with van der Waals surface area (Å²) in [5.41, 5.74) is 0. The normalized spacial score (nSPS) is 17.8. The second-order valence-corrected chi connectivity index (χ2v) is 4.70. The van der Waals surface area contributed by atoms with Crippen LogP contribution in [0.3, 0.4) is 0 Å². The van der Waals surface area contributed by atoms with Crippen LogP contribution in [-0.2, 0) is 4.79 Å². The summed E-state index contributed by atoms with van der Waals surface area (Å²) in [5.74, 6) is 0.296. The SMILES string of the molecule is CCCN(C(=O)CN(CC)CC)C1CCNC1.Cl.Cl. The summed E-state index contributed by atoms with van der Waals surface area (Å²) >= 11 is 0. The number of hydrogen-bond acceptors (Lipinski definition) is 3. The Balaban J connectivity index is 0. The molecule has 1 aliphatic rings. The summed E-state index contributed by atoms with van der Waals surface area (Å²) in [6.07, 6.45) is 2.14. The van der Waals surface area contributed by atoms with Crippen LogP contribution >= 0.6 is 24.8 Å². The van der Waals surface area contributed by atoms with Gasteiger partial charge in [0.25, 0.3) is 0 Å². The van der Waals surface area contributed by atoms with Crippen molar-refractivity contribution in [1.82, 2.24) is 15.1 Å². The maximum absolute atomic E-state index is 12.3. The second kappa shape index (κ2) is 11.8. The van der Waals surface area contributed by atoms with Gasteiger partial charge in [-0.15, -0.1) is 24.8 Å². The molecule has 1 saturated heterocycles. The number of carbonyl (C=O) groups is 1. The molecule has 0 aromatic rings. The number of rotatable bonds is 7. The molecule has 0 spiro atoms. The van der Waals surface area contributed by atoms with Crippen molar-refractivity contribution in [2.24, 2.45) is 0 Å². The molecular formula is C13H29Cl2N3O. The molecule has 0 aromatic heterocycles. The smallest absolute Gasteiger partial charge is 0.237 e. The fourth-order valence-electron chi connectivity index (χ4n) is 2.39. The maximum Gasteiger partial charge on any atom is 0.237 e. The Hall–Kier alpha value is -0.0300. The lowest BCUT2D eigenvalue weighted by Crippen LogP contribution is -2.46. The molecule has 0 bridgehead atoms. The van der Waals surface area contributed by atoms with Crippen LogP contribution in [0, 0.1) is 0 Å². The van der Waals surface area contributed by atoms with Gasteiger partial charge in [0.15, 0.2) is 0 Å². The summed E-state index contributed by atoms with van der Waals surface area (Å²) in [5, 5.41) is 3.34. The van der Waals surface area contributed by atoms with Crippen LogP contribution in [0.15, 0.2) is 0 Å². The molecule has 1 rings (SSSR count). The lowest BCUT2D eigenvalue weighted by atomic mass is 10.2. The molecule has 0 saturated carbocycles. The number of nitrogens with zero attached hydrogens (tertiary/aromatic N) is 2. The van der Waals surface area contributed by atoms with Crippen molar-refractivity contribution in [3.63, 3.8) is 0 Å². The van der Waals surface area contributed by atoms with E-state index in [2.05, 4.69) is 35.9 Å². The van der Waals surface area contributed by atoms with Gasteiger partial charge < -0.3 is 10.2 Å². The fourth-order valence-corrected chi connectivity index (χ4v) is 2.39. The summed E-state index contributed by atoms with van der Waals surface area (Å²) in [6, 6.07) is 0.415. The average molecular weight is 314 g/mol. The Bertz CT molecular complexity index is 232. The van der Waals surface area contributed by atoms with Gasteiger partial charge in [-0.3, -0.25) is 9.69 Å². The Labute approximate surface area is 130 Å². The van der Waals surface area contributed by atoms with Crippen LogP contribution in [0.25, 0.3) is 0 Å². The molecule has 1 unspecified atom stereocenters. The summed E-state index contributed by atoms with van der Waals surface area (Å²) < 4.78 is 0. The zero-order valence-electron chi connectivity index (χ0n) is 12.4. The average Bonchev–Trinajstić information content (AvgIpc) is 2.86. The van der Waals surface area contributed by atoms with Crippen LogP contribution in [-0.4, -0.2) is 61.0 Å². The third-order valence-corrected chi connectivity index (χ3v) is 3.51. The molecule has 0 radical (unpaired) electrons. The summed E-state index contributed by atoms with van der Waals surface area (Å²) in [7, 11) is 0. The molecule has 1 heterocycles. The van der Waals surface area contributed by atoms with Crippen LogP contribution in [0.4, 0.5) is 0 Å². The lowest BCUT2D eigenvalue weighted by Gasteiger charge is -2.30. The Kier molecular flexibility index (Phi) is 13.2. The van der Waals surface area contributed by atoms with Crippen molar-refractivity contribution >= 4 is 30.7 Å². The first-order chi connectivity index (χ1) is 8.22. The predicted molar refractivity (Wildman–Crippen MR) is 85.6 cm³/mol. The zero-order chi connectivity index (χ0) is 12.7. The number of carbonyl (C=O) groups excluding carboxylic acids is 1. The molecule has 1 aliphatic heterocycles. The maximum atomic E-state index is 12.3. The van der Waals surface area contributed by atoms with Gasteiger partial charge in [0, 0.05) is 19.1 Å². The van der Waals surface area contributed by atoms with Crippen molar-refractivity contribution in [3.8, 4) is 0 Å². The molecule has 116 valence electrons. The van der Waals surface area contributed by atoms with Crippen molar-refractivity contribution < 1.29 is 4.79 Å². The Morgan fingerprint density at radius 2 is 1.84 bits per heavy atom. The molecule has 1 amide bonds. The van der Waals surface area contributed by atoms with Gasteiger partial charge in [0.2, 0.25) is 5.91 Å². The van der Waals surface area contributed by atoms with E-state index in [1.54, 1.807) is 0 Å². The second-order valence-electron chi connectivity index (χ2n) is 4.70. The van der Waals surface area contributed by atoms with Gasteiger partial charge in [-0.25, -0.2) is 0 Å². The van der Waals surface area contributed by atoms with E-state index in [4.69, 9.17) is 0 Å². The third kappa shape index (κ3) is 6.80. The highest BCUT2D eigenvalue weighted by atomic mass is 35.5. The van der Waals surface area contributed by atoms with E-state index in [-0.39, 0.29) is 24.8 Å². The lowest BCUT2D eigenvalue weighted by molar-refractivity contribution is -0.134.